The summed E-state index contributed by atoms with van der Waals surface area (Å²) in [7, 11) is 0. The first-order chi connectivity index (χ1) is 24.8. The fourth-order valence-corrected chi connectivity index (χ4v) is 16.6. The molecule has 52 heavy (non-hydrogen) atoms. The van der Waals surface area contributed by atoms with E-state index >= 15 is 0 Å². The third kappa shape index (κ3) is 7.23. The third-order valence-corrected chi connectivity index (χ3v) is 19.2. The molecule has 0 aromatic carbocycles. The third-order valence-electron chi connectivity index (χ3n) is 19.2. The van der Waals surface area contributed by atoms with Gasteiger partial charge in [0.2, 0.25) is 0 Å². The van der Waals surface area contributed by atoms with E-state index in [0.29, 0.717) is 34.2 Å². The van der Waals surface area contributed by atoms with Crippen LogP contribution in [0, 0.1) is 105 Å². The van der Waals surface area contributed by atoms with Gasteiger partial charge in [-0.15, -0.1) is 0 Å². The average Bonchev–Trinajstić information content (AvgIpc) is 3.58. The van der Waals surface area contributed by atoms with Crippen LogP contribution in [0.25, 0.3) is 0 Å². The summed E-state index contributed by atoms with van der Waals surface area (Å²) >= 11 is 0. The molecule has 0 aromatic rings. The van der Waals surface area contributed by atoms with Gasteiger partial charge in [-0.3, -0.25) is 0 Å². The minimum absolute atomic E-state index is 0.453. The monoisotopic (exact) mass is 717 g/mol. The summed E-state index contributed by atoms with van der Waals surface area (Å²) in [5.41, 5.74) is 1.56. The normalized spacial score (nSPS) is 47.2. The minimum atomic E-state index is 0.453. The number of fused-ring (bicyclic) bond motifs is 10. The molecule has 16 unspecified atom stereocenters. The predicted octanol–water partition coefficient (Wildman–Crippen LogP) is 14.8. The Morgan fingerprint density at radius 1 is 0.654 bits per heavy atom. The molecule has 1 nitrogen and oxygen atoms in total. The number of hydrogen-bond acceptors (Lipinski definition) is 1. The zero-order chi connectivity index (χ0) is 37.0. The van der Waals surface area contributed by atoms with Crippen LogP contribution >= 0.6 is 0 Å². The maximum atomic E-state index is 6.93. The number of ether oxygens (including phenoxy) is 1. The van der Waals surface area contributed by atoms with Crippen LogP contribution in [0.4, 0.5) is 0 Å². The second-order valence-corrected chi connectivity index (χ2v) is 23.3. The first kappa shape index (κ1) is 39.9. The molecule has 7 saturated carbocycles. The summed E-state index contributed by atoms with van der Waals surface area (Å²) in [6.45, 7) is 26.3. The molecule has 1 spiro atoms. The Morgan fingerprint density at radius 3 is 1.81 bits per heavy atom. The molecule has 298 valence electrons. The van der Waals surface area contributed by atoms with Crippen LogP contribution in [-0.2, 0) is 4.74 Å². The van der Waals surface area contributed by atoms with Gasteiger partial charge in [0.05, 0.1) is 6.10 Å². The maximum absolute atomic E-state index is 6.93. The van der Waals surface area contributed by atoms with E-state index in [2.05, 4.69) is 81.4 Å². The van der Waals surface area contributed by atoms with Crippen molar-refractivity contribution < 1.29 is 4.74 Å². The van der Waals surface area contributed by atoms with Crippen molar-refractivity contribution in [3.05, 3.63) is 12.2 Å². The number of hydrogen-bond donors (Lipinski definition) is 0. The molecular formula is C51H88O. The molecular weight excluding hydrogens is 629 g/mol. The van der Waals surface area contributed by atoms with Crippen molar-refractivity contribution in [2.75, 3.05) is 6.61 Å². The molecule has 1 heteroatoms. The van der Waals surface area contributed by atoms with Gasteiger partial charge in [-0.05, 0) is 202 Å². The molecule has 0 amide bonds. The molecule has 0 radical (unpaired) electrons. The van der Waals surface area contributed by atoms with Crippen LogP contribution in [0.15, 0.2) is 12.2 Å². The Kier molecular flexibility index (Phi) is 12.2. The highest BCUT2D eigenvalue weighted by Crippen LogP contribution is 2.79. The van der Waals surface area contributed by atoms with Crippen molar-refractivity contribution in [2.45, 2.75) is 197 Å². The predicted molar refractivity (Wildman–Crippen MR) is 223 cm³/mol. The highest BCUT2D eigenvalue weighted by Gasteiger charge is 2.73. The van der Waals surface area contributed by atoms with Gasteiger partial charge in [0, 0.05) is 6.61 Å². The van der Waals surface area contributed by atoms with Crippen LogP contribution in [0.5, 0.6) is 0 Å². The molecule has 7 fully saturated rings. The SMILES string of the molecule is C/C=C/C1CC(OCC(CC)CCCC)C(C)CC1C1CCC2C3CCCCC3C3(C2C1)C1CC(C(C)(C)C)CCC1C1CCC(C(C)(C)C)CC13. The molecule has 0 aliphatic heterocycles. The average molecular weight is 717 g/mol. The van der Waals surface area contributed by atoms with Gasteiger partial charge in [-0.2, -0.15) is 0 Å². The van der Waals surface area contributed by atoms with Crippen LogP contribution in [-0.4, -0.2) is 12.7 Å². The second kappa shape index (κ2) is 15.9. The second-order valence-electron chi connectivity index (χ2n) is 23.3. The highest BCUT2D eigenvalue weighted by molar-refractivity contribution is 5.21. The summed E-state index contributed by atoms with van der Waals surface area (Å²) in [6, 6.07) is 0. The Labute approximate surface area is 324 Å². The molecule has 0 bridgehead atoms. The lowest BCUT2D eigenvalue weighted by molar-refractivity contribution is -0.0828. The fraction of sp³-hybridized carbons (Fsp3) is 0.961. The molecule has 0 aromatic heterocycles. The summed E-state index contributed by atoms with van der Waals surface area (Å²) in [6.07, 6.45) is 33.8. The number of allylic oxidation sites excluding steroid dienone is 2. The minimum Gasteiger partial charge on any atom is -0.378 e. The standard InChI is InChI=1S/C51H88O/c1-11-14-18-34(13-3)32-52-48-29-35(17-12-2)43(27-33(48)4)36-21-24-40-39-19-15-16-20-44(39)51(45(40)28-36)46-30-37(49(5,6)7)22-25-41(46)42-26-23-38(31-47(42)51)50(8,9)10/h12,17,33-48H,11,13-16,18-32H2,1-10H3/b17-12+. The molecule has 0 saturated heterocycles. The van der Waals surface area contributed by atoms with Gasteiger partial charge in [0.1, 0.15) is 0 Å². The smallest absolute Gasteiger partial charge is 0.0606 e. The van der Waals surface area contributed by atoms with Crippen molar-refractivity contribution in [1.29, 1.82) is 0 Å². The van der Waals surface area contributed by atoms with Crippen LogP contribution in [0.2, 0.25) is 0 Å². The first-order valence-electron chi connectivity index (χ1n) is 24.1. The van der Waals surface area contributed by atoms with Crippen molar-refractivity contribution in [2.24, 2.45) is 105 Å². The summed E-state index contributed by atoms with van der Waals surface area (Å²) in [5, 5.41) is 0. The zero-order valence-corrected chi connectivity index (χ0v) is 36.4. The molecule has 16 atom stereocenters. The van der Waals surface area contributed by atoms with Gasteiger partial charge in [0.25, 0.3) is 0 Å². The van der Waals surface area contributed by atoms with Crippen molar-refractivity contribution in [1.82, 2.24) is 0 Å². The maximum Gasteiger partial charge on any atom is 0.0606 e. The van der Waals surface area contributed by atoms with Crippen molar-refractivity contribution >= 4 is 0 Å². The Morgan fingerprint density at radius 2 is 1.23 bits per heavy atom. The topological polar surface area (TPSA) is 9.23 Å². The van der Waals surface area contributed by atoms with Crippen LogP contribution in [0.1, 0.15) is 191 Å². The van der Waals surface area contributed by atoms with E-state index in [1.807, 2.05) is 0 Å². The van der Waals surface area contributed by atoms with Gasteiger partial charge in [0.15, 0.2) is 0 Å². The van der Waals surface area contributed by atoms with E-state index in [0.717, 1.165) is 83.5 Å². The summed E-state index contributed by atoms with van der Waals surface area (Å²) in [4.78, 5) is 0. The first-order valence-corrected chi connectivity index (χ1v) is 24.1. The van der Waals surface area contributed by atoms with Gasteiger partial charge in [-0.1, -0.05) is 107 Å². The molecule has 0 heterocycles. The highest BCUT2D eigenvalue weighted by atomic mass is 16.5. The fourth-order valence-electron chi connectivity index (χ4n) is 16.6. The molecule has 7 aliphatic rings. The quantitative estimate of drug-likeness (QED) is 0.216. The van der Waals surface area contributed by atoms with Crippen molar-refractivity contribution in [3.8, 4) is 0 Å². The van der Waals surface area contributed by atoms with Gasteiger partial charge < -0.3 is 4.74 Å². The lowest BCUT2D eigenvalue weighted by atomic mass is 9.49. The van der Waals surface area contributed by atoms with E-state index in [4.69, 9.17) is 4.74 Å². The van der Waals surface area contributed by atoms with E-state index < -0.39 is 0 Å². The van der Waals surface area contributed by atoms with Crippen LogP contribution < -0.4 is 0 Å². The summed E-state index contributed by atoms with van der Waals surface area (Å²) < 4.78 is 6.93. The molecule has 7 rings (SSSR count). The number of unbranched alkanes of at least 4 members (excludes halogenated alkanes) is 1. The van der Waals surface area contributed by atoms with E-state index in [-0.39, 0.29) is 0 Å². The van der Waals surface area contributed by atoms with E-state index in [9.17, 15) is 0 Å². The van der Waals surface area contributed by atoms with Gasteiger partial charge in [-0.25, -0.2) is 0 Å². The van der Waals surface area contributed by atoms with Crippen molar-refractivity contribution in [3.63, 3.8) is 0 Å². The summed E-state index contributed by atoms with van der Waals surface area (Å²) in [5.74, 6) is 14.1. The van der Waals surface area contributed by atoms with E-state index in [1.54, 1.807) is 51.4 Å². The van der Waals surface area contributed by atoms with E-state index in [1.165, 1.54) is 70.6 Å². The Balaban J connectivity index is 1.20. The largest absolute Gasteiger partial charge is 0.378 e. The molecule has 0 N–H and O–H groups in total. The Bertz CT molecular complexity index is 1140. The molecule has 7 aliphatic carbocycles. The van der Waals surface area contributed by atoms with Crippen LogP contribution in [0.3, 0.4) is 0 Å². The lowest BCUT2D eigenvalue weighted by Crippen LogP contribution is -2.49. The zero-order valence-electron chi connectivity index (χ0n) is 36.4. The lowest BCUT2D eigenvalue weighted by Gasteiger charge is -2.55. The Hall–Kier alpha value is -0.300. The van der Waals surface area contributed by atoms with Gasteiger partial charge >= 0.3 is 0 Å². The number of rotatable bonds is 9.